The number of rotatable bonds is 6. The summed E-state index contributed by atoms with van der Waals surface area (Å²) in [7, 11) is 0. The van der Waals surface area contributed by atoms with Crippen molar-refractivity contribution in [2.24, 2.45) is 0 Å². The first-order valence-corrected chi connectivity index (χ1v) is 12.0. The highest BCUT2D eigenvalue weighted by atomic mass is 19.1. The molecule has 1 aliphatic rings. The van der Waals surface area contributed by atoms with E-state index >= 15 is 0 Å². The highest BCUT2D eigenvalue weighted by molar-refractivity contribution is 5.74. The van der Waals surface area contributed by atoms with E-state index in [1.54, 1.807) is 28.9 Å². The van der Waals surface area contributed by atoms with E-state index in [2.05, 4.69) is 42.8 Å². The van der Waals surface area contributed by atoms with Crippen LogP contribution in [0.3, 0.4) is 0 Å². The minimum atomic E-state index is -0.407. The van der Waals surface area contributed by atoms with Gasteiger partial charge in [-0.05, 0) is 49.7 Å². The van der Waals surface area contributed by atoms with Gasteiger partial charge in [-0.3, -0.25) is 4.90 Å². The van der Waals surface area contributed by atoms with Crippen LogP contribution in [0.2, 0.25) is 0 Å². The molecular weight excluding hydrogens is 457 g/mol. The summed E-state index contributed by atoms with van der Waals surface area (Å²) in [4.78, 5) is 11.0. The molecule has 0 atom stereocenters. The summed E-state index contributed by atoms with van der Waals surface area (Å²) in [6, 6.07) is 10.6. The maximum absolute atomic E-state index is 14.5. The molecule has 182 valence electrons. The minimum Gasteiger partial charge on any atom is -0.507 e. The van der Waals surface area contributed by atoms with Gasteiger partial charge in [0.05, 0.1) is 29.1 Å². The zero-order valence-corrected chi connectivity index (χ0v) is 20.1. The van der Waals surface area contributed by atoms with Crippen LogP contribution in [0.1, 0.15) is 29.9 Å². The van der Waals surface area contributed by atoms with Crippen LogP contribution in [0.15, 0.2) is 61.3 Å². The van der Waals surface area contributed by atoms with Gasteiger partial charge in [0.1, 0.15) is 5.75 Å². The molecule has 9 heteroatoms. The summed E-state index contributed by atoms with van der Waals surface area (Å²) in [6.45, 7) is 7.53. The van der Waals surface area contributed by atoms with Crippen LogP contribution >= 0.6 is 0 Å². The SMILES string of the molecule is CCn1cnc(CN2CC(c3ccc(-c4ccc(-c5cc(F)c6nc(C)cn6c5)cc4O)nn3)C2)c1. The number of phenols is 1. The lowest BCUT2D eigenvalue weighted by Gasteiger charge is -2.38. The Hall–Kier alpha value is -4.11. The second kappa shape index (κ2) is 8.83. The number of halogens is 1. The summed E-state index contributed by atoms with van der Waals surface area (Å²) in [5.74, 6) is 0.00132. The number of nitrogens with zero attached hydrogens (tertiary/aromatic N) is 7. The predicted molar refractivity (Wildman–Crippen MR) is 134 cm³/mol. The number of imidazole rings is 2. The highest BCUT2D eigenvalue weighted by Crippen LogP contribution is 2.34. The maximum atomic E-state index is 14.5. The summed E-state index contributed by atoms with van der Waals surface area (Å²) in [6.07, 6.45) is 7.54. The predicted octanol–water partition coefficient (Wildman–Crippen LogP) is 4.43. The average Bonchev–Trinajstić information content (AvgIpc) is 3.47. The monoisotopic (exact) mass is 483 g/mol. The van der Waals surface area contributed by atoms with Crippen molar-refractivity contribution in [2.75, 3.05) is 13.1 Å². The third-order valence-corrected chi connectivity index (χ3v) is 6.73. The number of phenolic OH excluding ortho intramolecular Hbond substituents is 1. The number of pyridine rings is 1. The van der Waals surface area contributed by atoms with Gasteiger partial charge in [-0.15, -0.1) is 0 Å². The van der Waals surface area contributed by atoms with Gasteiger partial charge in [0, 0.05) is 61.8 Å². The minimum absolute atomic E-state index is 0.0678. The van der Waals surface area contributed by atoms with E-state index in [1.165, 1.54) is 6.07 Å². The molecule has 0 spiro atoms. The molecular formula is C27H26FN7O. The molecule has 0 saturated carbocycles. The Balaban J connectivity index is 1.15. The van der Waals surface area contributed by atoms with Crippen LogP contribution in [0.4, 0.5) is 4.39 Å². The first kappa shape index (κ1) is 22.4. The summed E-state index contributed by atoms with van der Waals surface area (Å²) in [5.41, 5.74) is 5.58. The molecule has 0 bridgehead atoms. The molecule has 0 unspecified atom stereocenters. The highest BCUT2D eigenvalue weighted by Gasteiger charge is 2.29. The van der Waals surface area contributed by atoms with Crippen molar-refractivity contribution in [1.82, 2.24) is 34.0 Å². The smallest absolute Gasteiger partial charge is 0.173 e. The van der Waals surface area contributed by atoms with Crippen molar-refractivity contribution in [3.63, 3.8) is 0 Å². The Morgan fingerprint density at radius 2 is 1.89 bits per heavy atom. The van der Waals surface area contributed by atoms with E-state index in [4.69, 9.17) is 0 Å². The Bertz CT molecular complexity index is 1550. The van der Waals surface area contributed by atoms with Gasteiger partial charge in [0.15, 0.2) is 11.5 Å². The van der Waals surface area contributed by atoms with Crippen LogP contribution < -0.4 is 0 Å². The van der Waals surface area contributed by atoms with Crippen LogP contribution in [-0.2, 0) is 13.1 Å². The lowest BCUT2D eigenvalue weighted by Crippen LogP contribution is -2.44. The normalized spacial score (nSPS) is 14.4. The van der Waals surface area contributed by atoms with Gasteiger partial charge in [-0.1, -0.05) is 6.07 Å². The van der Waals surface area contributed by atoms with Crippen molar-refractivity contribution in [1.29, 1.82) is 0 Å². The number of hydrogen-bond donors (Lipinski definition) is 1. The van der Waals surface area contributed by atoms with Gasteiger partial charge in [-0.25, -0.2) is 14.4 Å². The third kappa shape index (κ3) is 4.11. The largest absolute Gasteiger partial charge is 0.507 e. The van der Waals surface area contributed by atoms with Crippen molar-refractivity contribution in [3.05, 3.63) is 84.2 Å². The lowest BCUT2D eigenvalue weighted by molar-refractivity contribution is 0.135. The first-order valence-electron chi connectivity index (χ1n) is 12.0. The Morgan fingerprint density at radius 1 is 1.03 bits per heavy atom. The molecule has 6 rings (SSSR count). The van der Waals surface area contributed by atoms with Crippen LogP contribution in [0, 0.1) is 12.7 Å². The van der Waals surface area contributed by atoms with Crippen molar-refractivity contribution >= 4 is 5.65 Å². The van der Waals surface area contributed by atoms with E-state index < -0.39 is 5.82 Å². The Kier molecular flexibility index (Phi) is 5.49. The van der Waals surface area contributed by atoms with E-state index in [-0.39, 0.29) is 11.4 Å². The van der Waals surface area contributed by atoms with E-state index in [0.717, 1.165) is 43.3 Å². The summed E-state index contributed by atoms with van der Waals surface area (Å²) in [5, 5.41) is 19.5. The molecule has 1 saturated heterocycles. The molecule has 8 nitrogen and oxygen atoms in total. The fourth-order valence-electron chi connectivity index (χ4n) is 4.75. The number of aromatic nitrogens is 6. The first-order chi connectivity index (χ1) is 17.5. The third-order valence-electron chi connectivity index (χ3n) is 6.73. The molecule has 36 heavy (non-hydrogen) atoms. The van der Waals surface area contributed by atoms with E-state index in [9.17, 15) is 9.50 Å². The fraction of sp³-hybridized carbons (Fsp3) is 0.259. The number of aryl methyl sites for hydroxylation is 2. The molecule has 1 N–H and O–H groups in total. The van der Waals surface area contributed by atoms with Crippen molar-refractivity contribution in [2.45, 2.75) is 32.9 Å². The Morgan fingerprint density at radius 3 is 2.61 bits per heavy atom. The maximum Gasteiger partial charge on any atom is 0.173 e. The lowest BCUT2D eigenvalue weighted by atomic mass is 9.95. The topological polar surface area (TPSA) is 84.4 Å². The molecule has 4 aromatic heterocycles. The molecule has 0 radical (unpaired) electrons. The van der Waals surface area contributed by atoms with Crippen LogP contribution in [0.25, 0.3) is 28.0 Å². The van der Waals surface area contributed by atoms with Gasteiger partial charge in [0.2, 0.25) is 0 Å². The standard InChI is InChI=1S/C27H26FN7O/c1-3-33-14-21(29-16-33)15-34-11-20(12-34)24-6-7-25(32-31-24)22-5-4-18(9-26(22)36)19-8-23(28)27-30-17(2)10-35(27)13-19/h4-10,13-14,16,20,36H,3,11-12,15H2,1-2H3. The van der Waals surface area contributed by atoms with Crippen molar-refractivity contribution in [3.8, 4) is 28.1 Å². The van der Waals surface area contributed by atoms with E-state index in [1.807, 2.05) is 31.5 Å². The Labute approximate surface area is 207 Å². The van der Waals surface area contributed by atoms with Crippen LogP contribution in [0.5, 0.6) is 5.75 Å². The van der Waals surface area contributed by atoms with Crippen LogP contribution in [-0.4, -0.2) is 52.2 Å². The zero-order chi connectivity index (χ0) is 24.8. The second-order valence-corrected chi connectivity index (χ2v) is 9.35. The molecule has 5 aromatic rings. The fourth-order valence-corrected chi connectivity index (χ4v) is 4.75. The van der Waals surface area contributed by atoms with Gasteiger partial charge < -0.3 is 14.1 Å². The van der Waals surface area contributed by atoms with E-state index in [0.29, 0.717) is 28.3 Å². The average molecular weight is 484 g/mol. The number of likely N-dealkylation sites (tertiary alicyclic amines) is 1. The molecule has 1 fully saturated rings. The molecule has 0 amide bonds. The van der Waals surface area contributed by atoms with Gasteiger partial charge >= 0.3 is 0 Å². The molecule has 5 heterocycles. The molecule has 1 aliphatic heterocycles. The second-order valence-electron chi connectivity index (χ2n) is 9.35. The quantitative estimate of drug-likeness (QED) is 0.385. The van der Waals surface area contributed by atoms with Gasteiger partial charge in [0.25, 0.3) is 0 Å². The zero-order valence-electron chi connectivity index (χ0n) is 20.1. The van der Waals surface area contributed by atoms with Gasteiger partial charge in [-0.2, -0.15) is 10.2 Å². The number of hydrogen-bond acceptors (Lipinski definition) is 6. The number of aromatic hydroxyl groups is 1. The number of fused-ring (bicyclic) bond motifs is 1. The summed E-state index contributed by atoms with van der Waals surface area (Å²) >= 11 is 0. The molecule has 0 aliphatic carbocycles. The molecule has 1 aromatic carbocycles. The summed E-state index contributed by atoms with van der Waals surface area (Å²) < 4.78 is 18.2. The number of benzene rings is 1. The van der Waals surface area contributed by atoms with Crippen molar-refractivity contribution < 1.29 is 9.50 Å².